The molecule has 5 aliphatic rings. The van der Waals surface area contributed by atoms with Crippen LogP contribution in [-0.2, 0) is 9.47 Å². The third kappa shape index (κ3) is 2.01. The summed E-state index contributed by atoms with van der Waals surface area (Å²) in [6.45, 7) is 6.54. The van der Waals surface area contributed by atoms with Crippen molar-refractivity contribution < 1.29 is 14.6 Å². The average molecular weight is 335 g/mol. The number of ether oxygens (including phenoxy) is 2. The van der Waals surface area contributed by atoms with E-state index in [-0.39, 0.29) is 17.3 Å². The Balaban J connectivity index is 1.41. The van der Waals surface area contributed by atoms with E-state index < -0.39 is 0 Å². The molecule has 1 heterocycles. The summed E-state index contributed by atoms with van der Waals surface area (Å²) >= 11 is 0. The topological polar surface area (TPSA) is 38.7 Å². The predicted molar refractivity (Wildman–Crippen MR) is 92.4 cm³/mol. The average Bonchev–Trinajstić information content (AvgIpc) is 3.14. The Morgan fingerprint density at radius 1 is 0.792 bits per heavy atom. The van der Waals surface area contributed by atoms with Crippen molar-refractivity contribution in [2.24, 2.45) is 34.5 Å². The van der Waals surface area contributed by atoms with Crippen LogP contribution < -0.4 is 0 Å². The first-order valence-corrected chi connectivity index (χ1v) is 10.4. The lowest BCUT2D eigenvalue weighted by Gasteiger charge is -2.61. The molecule has 0 aromatic rings. The number of hydrogen-bond acceptors (Lipinski definition) is 3. The zero-order valence-corrected chi connectivity index (χ0v) is 15.4. The standard InChI is InChI=1S/C21H34O3/c1-19-9-10-21(23-11-12-24-21)13-14(19)3-4-15-16-5-6-18(22)20(16,2)8-7-17(15)19/h14-18,22H,3-13H2,1-2H3/t14-,15+,16+,17+,18+,19-,20-/m0/s1. The maximum absolute atomic E-state index is 10.6. The van der Waals surface area contributed by atoms with Crippen LogP contribution in [0.15, 0.2) is 0 Å². The van der Waals surface area contributed by atoms with Gasteiger partial charge in [-0.25, -0.2) is 0 Å². The first-order valence-electron chi connectivity index (χ1n) is 10.4. The Kier molecular flexibility index (Phi) is 3.49. The van der Waals surface area contributed by atoms with Crippen LogP contribution >= 0.6 is 0 Å². The quantitative estimate of drug-likeness (QED) is 0.724. The highest BCUT2D eigenvalue weighted by molar-refractivity contribution is 5.10. The Hall–Kier alpha value is -0.120. The number of aliphatic hydroxyl groups excluding tert-OH is 1. The van der Waals surface area contributed by atoms with Gasteiger partial charge in [-0.3, -0.25) is 0 Å². The molecule has 4 saturated carbocycles. The summed E-state index contributed by atoms with van der Waals surface area (Å²) in [6, 6.07) is 0. The van der Waals surface area contributed by atoms with Gasteiger partial charge in [-0.2, -0.15) is 0 Å². The minimum Gasteiger partial charge on any atom is -0.393 e. The van der Waals surface area contributed by atoms with Crippen LogP contribution in [0, 0.1) is 34.5 Å². The fraction of sp³-hybridized carbons (Fsp3) is 1.00. The largest absolute Gasteiger partial charge is 0.393 e. The molecular weight excluding hydrogens is 300 g/mol. The summed E-state index contributed by atoms with van der Waals surface area (Å²) in [5.74, 6) is 3.00. The summed E-state index contributed by atoms with van der Waals surface area (Å²) in [5.41, 5.74) is 0.677. The minimum absolute atomic E-state index is 0.0520. The molecule has 0 amide bonds. The molecule has 0 aromatic heterocycles. The van der Waals surface area contributed by atoms with E-state index in [2.05, 4.69) is 13.8 Å². The van der Waals surface area contributed by atoms with E-state index in [1.54, 1.807) is 0 Å². The molecule has 1 spiro atoms. The maximum Gasteiger partial charge on any atom is 0.168 e. The Morgan fingerprint density at radius 3 is 2.33 bits per heavy atom. The van der Waals surface area contributed by atoms with E-state index in [0.717, 1.165) is 56.1 Å². The molecule has 4 aliphatic carbocycles. The highest BCUT2D eigenvalue weighted by Gasteiger charge is 2.61. The van der Waals surface area contributed by atoms with Crippen LogP contribution in [-0.4, -0.2) is 30.2 Å². The van der Waals surface area contributed by atoms with Gasteiger partial charge in [0, 0.05) is 12.8 Å². The first-order chi connectivity index (χ1) is 11.5. The molecule has 1 aliphatic heterocycles. The van der Waals surface area contributed by atoms with Crippen molar-refractivity contribution in [1.82, 2.24) is 0 Å². The molecule has 136 valence electrons. The Labute approximate surface area is 146 Å². The summed E-state index contributed by atoms with van der Waals surface area (Å²) in [7, 11) is 0. The van der Waals surface area contributed by atoms with Crippen LogP contribution in [0.2, 0.25) is 0 Å². The molecule has 0 unspecified atom stereocenters. The van der Waals surface area contributed by atoms with E-state index in [1.165, 1.54) is 38.5 Å². The first kappa shape index (κ1) is 16.1. The molecule has 7 atom stereocenters. The molecule has 0 aromatic carbocycles. The fourth-order valence-corrected chi connectivity index (χ4v) is 7.93. The van der Waals surface area contributed by atoms with E-state index in [4.69, 9.17) is 9.47 Å². The second-order valence-electron chi connectivity index (χ2n) is 10.1. The van der Waals surface area contributed by atoms with Crippen molar-refractivity contribution >= 4 is 0 Å². The van der Waals surface area contributed by atoms with Gasteiger partial charge in [0.25, 0.3) is 0 Å². The number of fused-ring (bicyclic) bond motifs is 5. The van der Waals surface area contributed by atoms with Crippen molar-refractivity contribution in [2.75, 3.05) is 13.2 Å². The number of rotatable bonds is 0. The van der Waals surface area contributed by atoms with Gasteiger partial charge in [0.15, 0.2) is 5.79 Å². The van der Waals surface area contributed by atoms with Gasteiger partial charge in [0.2, 0.25) is 0 Å². The molecule has 0 radical (unpaired) electrons. The van der Waals surface area contributed by atoms with Crippen LogP contribution in [0.1, 0.15) is 71.6 Å². The van der Waals surface area contributed by atoms with E-state index >= 15 is 0 Å². The lowest BCUT2D eigenvalue weighted by atomic mass is 9.45. The summed E-state index contributed by atoms with van der Waals surface area (Å²) < 4.78 is 12.1. The molecule has 3 heteroatoms. The van der Waals surface area contributed by atoms with Gasteiger partial charge in [0.1, 0.15) is 0 Å². The predicted octanol–water partition coefficient (Wildman–Crippen LogP) is 4.13. The highest BCUT2D eigenvalue weighted by Crippen LogP contribution is 2.67. The maximum atomic E-state index is 10.6. The SMILES string of the molecule is C[C@]12CCC3(C[C@@H]1CC[C@H]1[C@H]2CC[C@]2(C)[C@H](O)CC[C@H]12)OCCO3. The van der Waals surface area contributed by atoms with E-state index in [1.807, 2.05) is 0 Å². The third-order valence-electron chi connectivity index (χ3n) is 9.43. The van der Waals surface area contributed by atoms with E-state index in [9.17, 15) is 5.11 Å². The van der Waals surface area contributed by atoms with Crippen molar-refractivity contribution in [2.45, 2.75) is 83.5 Å². The molecule has 3 nitrogen and oxygen atoms in total. The van der Waals surface area contributed by atoms with Gasteiger partial charge in [-0.15, -0.1) is 0 Å². The van der Waals surface area contributed by atoms with Gasteiger partial charge in [0.05, 0.1) is 19.3 Å². The second kappa shape index (κ2) is 5.20. The van der Waals surface area contributed by atoms with Crippen molar-refractivity contribution in [1.29, 1.82) is 0 Å². The molecular formula is C21H34O3. The van der Waals surface area contributed by atoms with Gasteiger partial charge < -0.3 is 14.6 Å². The lowest BCUT2D eigenvalue weighted by molar-refractivity contribution is -0.230. The van der Waals surface area contributed by atoms with Gasteiger partial charge >= 0.3 is 0 Å². The van der Waals surface area contributed by atoms with Gasteiger partial charge in [-0.05, 0) is 79.4 Å². The Morgan fingerprint density at radius 2 is 1.54 bits per heavy atom. The van der Waals surface area contributed by atoms with Crippen molar-refractivity contribution in [3.8, 4) is 0 Å². The number of aliphatic hydroxyl groups is 1. The summed E-state index contributed by atoms with van der Waals surface area (Å²) in [5, 5.41) is 10.6. The van der Waals surface area contributed by atoms with Crippen LogP contribution in [0.25, 0.3) is 0 Å². The molecule has 24 heavy (non-hydrogen) atoms. The zero-order chi connectivity index (χ0) is 16.6. The second-order valence-corrected chi connectivity index (χ2v) is 10.1. The third-order valence-corrected chi connectivity index (χ3v) is 9.43. The minimum atomic E-state index is -0.232. The molecule has 5 fully saturated rings. The molecule has 1 N–H and O–H groups in total. The molecule has 1 saturated heterocycles. The van der Waals surface area contributed by atoms with Crippen LogP contribution in [0.5, 0.6) is 0 Å². The van der Waals surface area contributed by atoms with Crippen LogP contribution in [0.3, 0.4) is 0 Å². The van der Waals surface area contributed by atoms with Gasteiger partial charge in [-0.1, -0.05) is 13.8 Å². The van der Waals surface area contributed by atoms with Crippen LogP contribution in [0.4, 0.5) is 0 Å². The van der Waals surface area contributed by atoms with E-state index in [0.29, 0.717) is 5.41 Å². The van der Waals surface area contributed by atoms with Crippen molar-refractivity contribution in [3.05, 3.63) is 0 Å². The fourth-order valence-electron chi connectivity index (χ4n) is 7.93. The molecule has 5 rings (SSSR count). The number of hydrogen-bond donors (Lipinski definition) is 1. The molecule has 0 bridgehead atoms. The normalized spacial score (nSPS) is 55.9. The summed E-state index contributed by atoms with van der Waals surface area (Å²) in [4.78, 5) is 0. The monoisotopic (exact) mass is 334 g/mol. The summed E-state index contributed by atoms with van der Waals surface area (Å²) in [6.07, 6.45) is 11.0. The smallest absolute Gasteiger partial charge is 0.168 e. The Bertz CT molecular complexity index is 513. The zero-order valence-electron chi connectivity index (χ0n) is 15.4. The highest BCUT2D eigenvalue weighted by atomic mass is 16.7. The van der Waals surface area contributed by atoms with Crippen molar-refractivity contribution in [3.63, 3.8) is 0 Å². The lowest BCUT2D eigenvalue weighted by Crippen LogP contribution is -2.56.